The molecule has 1 aliphatic rings. The Morgan fingerprint density at radius 2 is 2.00 bits per heavy atom. The Hall–Kier alpha value is -0.650. The number of aliphatic hydroxyl groups is 1. The summed E-state index contributed by atoms with van der Waals surface area (Å²) in [5, 5.41) is 10.1. The number of carbonyl (C=O) groups excluding carboxylic acids is 1. The van der Waals surface area contributed by atoms with Gasteiger partial charge in [-0.3, -0.25) is 4.79 Å². The molecule has 1 aliphatic heterocycles. The first-order valence-corrected chi connectivity index (χ1v) is 7.16. The van der Waals surface area contributed by atoms with Crippen LogP contribution in [0.1, 0.15) is 40.0 Å². The Kier molecular flexibility index (Phi) is 6.75. The van der Waals surface area contributed by atoms with Gasteiger partial charge in [0.2, 0.25) is 5.91 Å². The molecule has 0 bridgehead atoms. The van der Waals surface area contributed by atoms with E-state index in [4.69, 9.17) is 15.2 Å². The van der Waals surface area contributed by atoms with Crippen molar-refractivity contribution in [2.24, 2.45) is 17.6 Å². The van der Waals surface area contributed by atoms with Crippen molar-refractivity contribution in [3.63, 3.8) is 0 Å². The molecule has 3 N–H and O–H groups in total. The predicted molar refractivity (Wildman–Crippen MR) is 72.5 cm³/mol. The van der Waals surface area contributed by atoms with E-state index in [1.54, 1.807) is 0 Å². The molecule has 1 rings (SSSR count). The fraction of sp³-hybridized carbons (Fsp3) is 0.929. The van der Waals surface area contributed by atoms with Gasteiger partial charge in [-0.2, -0.15) is 0 Å². The van der Waals surface area contributed by atoms with Gasteiger partial charge in [-0.05, 0) is 24.7 Å². The lowest BCUT2D eigenvalue weighted by Crippen LogP contribution is -2.50. The molecule has 0 saturated carbocycles. The zero-order valence-corrected chi connectivity index (χ0v) is 12.2. The van der Waals surface area contributed by atoms with Crippen LogP contribution in [0.2, 0.25) is 0 Å². The summed E-state index contributed by atoms with van der Waals surface area (Å²) in [5.41, 5.74) is 5.06. The van der Waals surface area contributed by atoms with Crippen molar-refractivity contribution in [3.8, 4) is 0 Å². The molecule has 5 heteroatoms. The molecule has 1 saturated heterocycles. The molecular formula is C14H27NO4. The molecule has 1 heterocycles. The largest absolute Gasteiger partial charge is 0.390 e. The zero-order valence-electron chi connectivity index (χ0n) is 12.2. The normalized spacial score (nSPS) is 35.3. The number of primary amides is 1. The first-order valence-electron chi connectivity index (χ1n) is 7.16. The first kappa shape index (κ1) is 16.4. The van der Waals surface area contributed by atoms with Crippen LogP contribution in [0.5, 0.6) is 0 Å². The average molecular weight is 273 g/mol. The lowest BCUT2D eigenvalue weighted by atomic mass is 9.81. The zero-order chi connectivity index (χ0) is 14.4. The van der Waals surface area contributed by atoms with Crippen LogP contribution in [0, 0.1) is 11.8 Å². The van der Waals surface area contributed by atoms with Gasteiger partial charge in [-0.25, -0.2) is 0 Å². The number of rotatable bonds is 7. The fourth-order valence-corrected chi connectivity index (χ4v) is 2.49. The third kappa shape index (κ3) is 4.75. The van der Waals surface area contributed by atoms with Gasteiger partial charge in [0.25, 0.3) is 0 Å². The van der Waals surface area contributed by atoms with Crippen molar-refractivity contribution in [1.29, 1.82) is 0 Å². The summed E-state index contributed by atoms with van der Waals surface area (Å²) >= 11 is 0. The summed E-state index contributed by atoms with van der Waals surface area (Å²) in [6.07, 6.45) is 1.31. The molecule has 0 radical (unpaired) electrons. The Labute approximate surface area is 115 Å². The van der Waals surface area contributed by atoms with Crippen molar-refractivity contribution >= 4 is 5.91 Å². The summed E-state index contributed by atoms with van der Waals surface area (Å²) in [4.78, 5) is 10.6. The van der Waals surface area contributed by atoms with Crippen molar-refractivity contribution in [2.75, 3.05) is 13.2 Å². The minimum Gasteiger partial charge on any atom is -0.390 e. The molecule has 5 unspecified atom stereocenters. The third-order valence-corrected chi connectivity index (χ3v) is 4.08. The number of aliphatic hydroxyl groups excluding tert-OH is 1. The van der Waals surface area contributed by atoms with Crippen LogP contribution < -0.4 is 5.73 Å². The third-order valence-electron chi connectivity index (χ3n) is 4.08. The van der Waals surface area contributed by atoms with Gasteiger partial charge in [-0.1, -0.05) is 20.8 Å². The molecule has 5 nitrogen and oxygen atoms in total. The van der Waals surface area contributed by atoms with Gasteiger partial charge in [0.1, 0.15) is 0 Å². The SMILES string of the molecule is CCC1OC(COCCCC(N)=O)C(C)C(C)C1O. The van der Waals surface area contributed by atoms with Crippen LogP contribution in [0.4, 0.5) is 0 Å². The molecule has 19 heavy (non-hydrogen) atoms. The maximum absolute atomic E-state index is 10.6. The van der Waals surface area contributed by atoms with E-state index in [0.29, 0.717) is 26.1 Å². The van der Waals surface area contributed by atoms with E-state index in [9.17, 15) is 9.90 Å². The summed E-state index contributed by atoms with van der Waals surface area (Å²) in [6.45, 7) is 7.18. The minimum absolute atomic E-state index is 0.0110. The maximum atomic E-state index is 10.6. The second kappa shape index (κ2) is 7.82. The number of amides is 1. The lowest BCUT2D eigenvalue weighted by Gasteiger charge is -2.42. The maximum Gasteiger partial charge on any atom is 0.217 e. The highest BCUT2D eigenvalue weighted by atomic mass is 16.5. The summed E-state index contributed by atoms with van der Waals surface area (Å²) in [7, 11) is 0. The van der Waals surface area contributed by atoms with Crippen LogP contribution in [-0.2, 0) is 14.3 Å². The highest BCUT2D eigenvalue weighted by molar-refractivity contribution is 5.73. The molecule has 0 aromatic carbocycles. The highest BCUT2D eigenvalue weighted by Gasteiger charge is 2.39. The molecule has 112 valence electrons. The van der Waals surface area contributed by atoms with E-state index in [0.717, 1.165) is 6.42 Å². The topological polar surface area (TPSA) is 81.8 Å². The molecule has 5 atom stereocenters. The molecule has 0 spiro atoms. The molecule has 0 aliphatic carbocycles. The van der Waals surface area contributed by atoms with Gasteiger partial charge in [0, 0.05) is 13.0 Å². The summed E-state index contributed by atoms with van der Waals surface area (Å²) in [5.74, 6) is 0.167. The van der Waals surface area contributed by atoms with Crippen LogP contribution in [-0.4, -0.2) is 42.5 Å². The monoisotopic (exact) mass is 273 g/mol. The quantitative estimate of drug-likeness (QED) is 0.680. The predicted octanol–water partition coefficient (Wildman–Crippen LogP) is 1.08. The Morgan fingerprint density at radius 1 is 1.32 bits per heavy atom. The number of ether oxygens (including phenoxy) is 2. The molecule has 1 fully saturated rings. The van der Waals surface area contributed by atoms with Crippen molar-refractivity contribution in [1.82, 2.24) is 0 Å². The van der Waals surface area contributed by atoms with Gasteiger partial charge in [0.15, 0.2) is 0 Å². The van der Waals surface area contributed by atoms with Crippen molar-refractivity contribution in [2.45, 2.75) is 58.3 Å². The van der Waals surface area contributed by atoms with Gasteiger partial charge < -0.3 is 20.3 Å². The van der Waals surface area contributed by atoms with Crippen LogP contribution in [0.15, 0.2) is 0 Å². The first-order chi connectivity index (χ1) is 8.97. The fourth-order valence-electron chi connectivity index (χ4n) is 2.49. The molecule has 0 aromatic heterocycles. The van der Waals surface area contributed by atoms with E-state index < -0.39 is 6.10 Å². The number of hydrogen-bond donors (Lipinski definition) is 2. The Bertz CT molecular complexity index is 283. The molecular weight excluding hydrogens is 246 g/mol. The van der Waals surface area contributed by atoms with Crippen molar-refractivity contribution < 1.29 is 19.4 Å². The lowest BCUT2D eigenvalue weighted by molar-refractivity contribution is -0.184. The summed E-state index contributed by atoms with van der Waals surface area (Å²) in [6, 6.07) is 0. The summed E-state index contributed by atoms with van der Waals surface area (Å²) < 4.78 is 11.4. The smallest absolute Gasteiger partial charge is 0.217 e. The minimum atomic E-state index is -0.397. The van der Waals surface area contributed by atoms with E-state index in [1.807, 2.05) is 6.92 Å². The Balaban J connectivity index is 2.33. The van der Waals surface area contributed by atoms with Crippen molar-refractivity contribution in [3.05, 3.63) is 0 Å². The number of nitrogens with two attached hydrogens (primary N) is 1. The number of carbonyl (C=O) groups is 1. The van der Waals surface area contributed by atoms with Gasteiger partial charge >= 0.3 is 0 Å². The second-order valence-corrected chi connectivity index (χ2v) is 5.47. The highest BCUT2D eigenvalue weighted by Crippen LogP contribution is 2.32. The van der Waals surface area contributed by atoms with E-state index >= 15 is 0 Å². The van der Waals surface area contributed by atoms with E-state index in [2.05, 4.69) is 13.8 Å². The van der Waals surface area contributed by atoms with E-state index in [-0.39, 0.29) is 30.0 Å². The van der Waals surface area contributed by atoms with Gasteiger partial charge in [0.05, 0.1) is 24.9 Å². The molecule has 1 amide bonds. The van der Waals surface area contributed by atoms with E-state index in [1.165, 1.54) is 0 Å². The van der Waals surface area contributed by atoms with Gasteiger partial charge in [-0.15, -0.1) is 0 Å². The second-order valence-electron chi connectivity index (χ2n) is 5.47. The van der Waals surface area contributed by atoms with Crippen LogP contribution in [0.25, 0.3) is 0 Å². The van der Waals surface area contributed by atoms with Crippen LogP contribution >= 0.6 is 0 Å². The number of hydrogen-bond acceptors (Lipinski definition) is 4. The average Bonchev–Trinajstić information content (AvgIpc) is 2.37. The van der Waals surface area contributed by atoms with Crippen LogP contribution in [0.3, 0.4) is 0 Å². The Morgan fingerprint density at radius 3 is 2.58 bits per heavy atom. The standard InChI is InChI=1S/C14H27NO4/c1-4-11-14(17)10(3)9(2)12(19-11)8-18-7-5-6-13(15)16/h9-12,14,17H,4-8H2,1-3H3,(H2,15,16). The molecule has 0 aromatic rings.